The van der Waals surface area contributed by atoms with Gasteiger partial charge in [0.15, 0.2) is 6.10 Å². The Labute approximate surface area is 154 Å². The van der Waals surface area contributed by atoms with Crippen LogP contribution in [-0.2, 0) is 16.6 Å². The molecule has 0 unspecified atom stereocenters. The normalized spacial score (nSPS) is 12.5. The van der Waals surface area contributed by atoms with Gasteiger partial charge >= 0.3 is 5.97 Å². The van der Waals surface area contributed by atoms with E-state index < -0.39 is 12.1 Å². The average Bonchev–Trinajstić information content (AvgIpc) is 2.60. The van der Waals surface area contributed by atoms with Crippen LogP contribution in [0.4, 0.5) is 0 Å². The zero-order valence-electron chi connectivity index (χ0n) is 15.4. The van der Waals surface area contributed by atoms with Crippen molar-refractivity contribution in [2.45, 2.75) is 38.7 Å². The topological polar surface area (TPSA) is 76.0 Å². The van der Waals surface area contributed by atoms with Crippen LogP contribution in [0.15, 0.2) is 48.5 Å². The highest BCUT2D eigenvalue weighted by Crippen LogP contribution is 2.25. The largest absolute Gasteiger partial charge is 0.491 e. The lowest BCUT2D eigenvalue weighted by Gasteiger charge is -2.20. The van der Waals surface area contributed by atoms with Gasteiger partial charge in [-0.25, -0.2) is 4.79 Å². The lowest BCUT2D eigenvalue weighted by Crippen LogP contribution is -2.29. The Bertz CT molecular complexity index is 699. The first kappa shape index (κ1) is 19.8. The number of hydrogen-bond donors (Lipinski definition) is 2. The number of aliphatic hydroxyl groups excluding tert-OH is 1. The molecular formula is C21H26O5. The van der Waals surface area contributed by atoms with Crippen molar-refractivity contribution in [3.63, 3.8) is 0 Å². The highest BCUT2D eigenvalue weighted by atomic mass is 16.5. The molecule has 0 saturated carbocycles. The molecule has 2 N–H and O–H groups in total. The molecule has 140 valence electrons. The van der Waals surface area contributed by atoms with E-state index in [2.05, 4.69) is 20.8 Å². The maximum Gasteiger partial charge on any atom is 0.345 e. The van der Waals surface area contributed by atoms with Crippen LogP contribution in [0.3, 0.4) is 0 Å². The Morgan fingerprint density at radius 3 is 2.08 bits per heavy atom. The second-order valence-corrected chi connectivity index (χ2v) is 7.14. The van der Waals surface area contributed by atoms with Crippen molar-refractivity contribution in [2.75, 3.05) is 13.2 Å². The van der Waals surface area contributed by atoms with E-state index in [0.717, 1.165) is 11.1 Å². The molecular weight excluding hydrogens is 332 g/mol. The van der Waals surface area contributed by atoms with E-state index in [9.17, 15) is 9.90 Å². The molecule has 2 rings (SSSR count). The summed E-state index contributed by atoms with van der Waals surface area (Å²) in [6.07, 6.45) is -0.726. The van der Waals surface area contributed by atoms with Crippen molar-refractivity contribution in [1.29, 1.82) is 0 Å². The van der Waals surface area contributed by atoms with Crippen molar-refractivity contribution in [1.82, 2.24) is 0 Å². The summed E-state index contributed by atoms with van der Waals surface area (Å²) in [7, 11) is 0. The Morgan fingerprint density at radius 1 is 1.00 bits per heavy atom. The lowest BCUT2D eigenvalue weighted by atomic mass is 9.87. The molecule has 2 aromatic carbocycles. The van der Waals surface area contributed by atoms with Crippen molar-refractivity contribution in [2.24, 2.45) is 0 Å². The summed E-state index contributed by atoms with van der Waals surface area (Å²) in [6.45, 7) is 6.54. The van der Waals surface area contributed by atoms with Gasteiger partial charge in [0.05, 0.1) is 6.61 Å². The molecule has 1 atom stereocenters. The number of ether oxygens (including phenoxy) is 2. The van der Waals surface area contributed by atoms with E-state index in [1.165, 1.54) is 0 Å². The van der Waals surface area contributed by atoms with Crippen LogP contribution in [0.2, 0.25) is 0 Å². The third kappa shape index (κ3) is 5.77. The molecule has 0 amide bonds. The second kappa shape index (κ2) is 8.72. The quantitative estimate of drug-likeness (QED) is 0.756. The van der Waals surface area contributed by atoms with Crippen LogP contribution in [0.5, 0.6) is 11.5 Å². The minimum atomic E-state index is -1.01. The van der Waals surface area contributed by atoms with Crippen LogP contribution in [0.1, 0.15) is 31.9 Å². The molecule has 0 aliphatic heterocycles. The predicted molar refractivity (Wildman–Crippen MR) is 99.9 cm³/mol. The van der Waals surface area contributed by atoms with Crippen molar-refractivity contribution < 1.29 is 24.5 Å². The Balaban J connectivity index is 2.03. The number of rotatable bonds is 8. The summed E-state index contributed by atoms with van der Waals surface area (Å²) in [5, 5.41) is 18.2. The summed E-state index contributed by atoms with van der Waals surface area (Å²) in [5.41, 5.74) is 2.03. The minimum Gasteiger partial charge on any atom is -0.491 e. The number of aliphatic hydroxyl groups is 1. The zero-order valence-corrected chi connectivity index (χ0v) is 15.4. The first-order valence-corrected chi connectivity index (χ1v) is 8.62. The van der Waals surface area contributed by atoms with Gasteiger partial charge in [-0.3, -0.25) is 0 Å². The fourth-order valence-corrected chi connectivity index (χ4v) is 2.48. The monoisotopic (exact) mass is 358 g/mol. The fourth-order valence-electron chi connectivity index (χ4n) is 2.48. The molecule has 2 aromatic rings. The van der Waals surface area contributed by atoms with E-state index in [1.807, 2.05) is 24.3 Å². The van der Waals surface area contributed by atoms with Crippen LogP contribution >= 0.6 is 0 Å². The fraction of sp³-hybridized carbons (Fsp3) is 0.381. The van der Waals surface area contributed by atoms with E-state index >= 15 is 0 Å². The van der Waals surface area contributed by atoms with Gasteiger partial charge in [-0.15, -0.1) is 0 Å². The van der Waals surface area contributed by atoms with Crippen molar-refractivity contribution in [3.8, 4) is 11.5 Å². The van der Waals surface area contributed by atoms with Gasteiger partial charge in [-0.1, -0.05) is 45.0 Å². The molecule has 5 heteroatoms. The Kier molecular flexibility index (Phi) is 6.64. The molecule has 0 fully saturated rings. The lowest BCUT2D eigenvalue weighted by molar-refractivity contribution is -0.145. The maximum atomic E-state index is 11.6. The summed E-state index contributed by atoms with van der Waals surface area (Å²) in [5.74, 6) is 0.159. The van der Waals surface area contributed by atoms with Gasteiger partial charge in [-0.05, 0) is 40.8 Å². The standard InChI is InChI=1S/C21H26O5/c1-21(2,3)16-6-10-18(11-7-16)26-19(20(23)24)14-15-4-8-17(9-5-15)25-13-12-22/h4-11,19,22H,12-14H2,1-3H3,(H,23,24)/t19-/m0/s1. The number of hydrogen-bond acceptors (Lipinski definition) is 4. The third-order valence-corrected chi connectivity index (χ3v) is 3.98. The van der Waals surface area contributed by atoms with Crippen molar-refractivity contribution in [3.05, 3.63) is 59.7 Å². The summed E-state index contributed by atoms with van der Waals surface area (Å²) in [6, 6.07) is 14.6. The predicted octanol–water partition coefficient (Wildman–Crippen LogP) is 3.43. The highest BCUT2D eigenvalue weighted by molar-refractivity contribution is 5.73. The van der Waals surface area contributed by atoms with Gasteiger partial charge in [0.25, 0.3) is 0 Å². The average molecular weight is 358 g/mol. The smallest absolute Gasteiger partial charge is 0.345 e. The van der Waals surface area contributed by atoms with Crippen LogP contribution < -0.4 is 9.47 Å². The molecule has 5 nitrogen and oxygen atoms in total. The van der Waals surface area contributed by atoms with E-state index in [1.54, 1.807) is 24.3 Å². The van der Waals surface area contributed by atoms with Crippen LogP contribution in [-0.4, -0.2) is 35.5 Å². The molecule has 0 saturated heterocycles. The summed E-state index contributed by atoms with van der Waals surface area (Å²) in [4.78, 5) is 11.6. The van der Waals surface area contributed by atoms with E-state index in [0.29, 0.717) is 11.5 Å². The van der Waals surface area contributed by atoms with Crippen LogP contribution in [0.25, 0.3) is 0 Å². The van der Waals surface area contributed by atoms with Gasteiger partial charge in [0.1, 0.15) is 18.1 Å². The number of carboxylic acids is 1. The van der Waals surface area contributed by atoms with E-state index in [-0.39, 0.29) is 25.0 Å². The molecule has 0 heterocycles. The van der Waals surface area contributed by atoms with E-state index in [4.69, 9.17) is 14.6 Å². The maximum absolute atomic E-state index is 11.6. The molecule has 0 spiro atoms. The number of carboxylic acid groups (broad SMARTS) is 1. The first-order chi connectivity index (χ1) is 12.3. The molecule has 0 radical (unpaired) electrons. The highest BCUT2D eigenvalue weighted by Gasteiger charge is 2.21. The molecule has 0 aromatic heterocycles. The van der Waals surface area contributed by atoms with Gasteiger partial charge in [-0.2, -0.15) is 0 Å². The minimum absolute atomic E-state index is 0.0323. The third-order valence-electron chi connectivity index (χ3n) is 3.98. The SMILES string of the molecule is CC(C)(C)c1ccc(O[C@@H](Cc2ccc(OCCO)cc2)C(=O)O)cc1. The summed E-state index contributed by atoms with van der Waals surface area (Å²) >= 11 is 0. The number of benzene rings is 2. The Hall–Kier alpha value is -2.53. The van der Waals surface area contributed by atoms with Gasteiger partial charge in [0, 0.05) is 6.42 Å². The van der Waals surface area contributed by atoms with Crippen molar-refractivity contribution >= 4 is 5.97 Å². The zero-order chi connectivity index (χ0) is 19.2. The van der Waals surface area contributed by atoms with Gasteiger partial charge < -0.3 is 19.7 Å². The second-order valence-electron chi connectivity index (χ2n) is 7.14. The number of aliphatic carboxylic acids is 1. The van der Waals surface area contributed by atoms with Crippen LogP contribution in [0, 0.1) is 0 Å². The first-order valence-electron chi connectivity index (χ1n) is 8.62. The van der Waals surface area contributed by atoms with Gasteiger partial charge in [0.2, 0.25) is 0 Å². The molecule has 0 aliphatic rings. The number of carbonyl (C=O) groups is 1. The molecule has 0 aliphatic carbocycles. The molecule has 26 heavy (non-hydrogen) atoms. The molecule has 0 bridgehead atoms. The Morgan fingerprint density at radius 2 is 1.58 bits per heavy atom. The summed E-state index contributed by atoms with van der Waals surface area (Å²) < 4.78 is 11.0.